The number of piperazine rings is 1. The molecule has 2 heterocycles. The van der Waals surface area contributed by atoms with E-state index in [0.29, 0.717) is 24.4 Å². The van der Waals surface area contributed by atoms with Gasteiger partial charge in [-0.05, 0) is 45.4 Å². The fourth-order valence-electron chi connectivity index (χ4n) is 4.36. The third-order valence-corrected chi connectivity index (χ3v) is 6.20. The molecule has 1 aliphatic carbocycles. The summed E-state index contributed by atoms with van der Waals surface area (Å²) in [7, 11) is 0. The second-order valence-electron chi connectivity index (χ2n) is 8.30. The Labute approximate surface area is 183 Å². The van der Waals surface area contributed by atoms with Crippen molar-refractivity contribution in [2.75, 3.05) is 32.7 Å². The molecule has 0 saturated carbocycles. The second-order valence-corrected chi connectivity index (χ2v) is 8.30. The molecule has 0 radical (unpaired) electrons. The van der Waals surface area contributed by atoms with Crippen LogP contribution in [-0.4, -0.2) is 60.0 Å². The zero-order chi connectivity index (χ0) is 22.0. The molecule has 0 spiro atoms. The van der Waals surface area contributed by atoms with Gasteiger partial charge in [0.2, 0.25) is 0 Å². The molecule has 2 amide bonds. The summed E-state index contributed by atoms with van der Waals surface area (Å²) in [5.41, 5.74) is 6.76. The number of aryl methyl sites for hydroxylation is 2. The van der Waals surface area contributed by atoms with Crippen molar-refractivity contribution >= 4 is 17.5 Å². The Morgan fingerprint density at radius 2 is 1.90 bits per heavy atom. The van der Waals surface area contributed by atoms with Crippen molar-refractivity contribution in [3.63, 3.8) is 0 Å². The molecule has 1 saturated heterocycles. The number of nitrogens with zero attached hydrogens (tertiary/aromatic N) is 3. The van der Waals surface area contributed by atoms with Crippen LogP contribution in [0.3, 0.4) is 0 Å². The minimum absolute atomic E-state index is 0.0502. The number of carbonyl (C=O) groups is 2. The van der Waals surface area contributed by atoms with Crippen LogP contribution in [0.1, 0.15) is 63.1 Å². The summed E-state index contributed by atoms with van der Waals surface area (Å²) in [5.74, 6) is 0.915. The van der Waals surface area contributed by atoms with E-state index in [2.05, 4.69) is 22.4 Å². The van der Waals surface area contributed by atoms with E-state index in [0.717, 1.165) is 67.1 Å². The molecule has 1 aromatic heterocycles. The van der Waals surface area contributed by atoms with Crippen molar-refractivity contribution in [2.45, 2.75) is 40.0 Å². The number of hydrazone groups is 1. The average Bonchev–Trinajstić information content (AvgIpc) is 3.14. The van der Waals surface area contributed by atoms with Crippen LogP contribution in [0.2, 0.25) is 0 Å². The number of rotatable bonds is 4. The number of amides is 2. The van der Waals surface area contributed by atoms with Gasteiger partial charge in [-0.3, -0.25) is 9.59 Å². The molecule has 1 N–H and O–H groups in total. The fourth-order valence-corrected chi connectivity index (χ4v) is 4.36. The molecule has 7 heteroatoms. The second kappa shape index (κ2) is 9.06. The van der Waals surface area contributed by atoms with Gasteiger partial charge in [-0.2, -0.15) is 5.10 Å². The van der Waals surface area contributed by atoms with Gasteiger partial charge in [0.1, 0.15) is 5.76 Å². The van der Waals surface area contributed by atoms with Gasteiger partial charge < -0.3 is 14.2 Å². The Balaban J connectivity index is 1.53. The van der Waals surface area contributed by atoms with Gasteiger partial charge in [-0.25, -0.2) is 5.43 Å². The first kappa shape index (κ1) is 21.3. The highest BCUT2D eigenvalue weighted by atomic mass is 16.4. The summed E-state index contributed by atoms with van der Waals surface area (Å²) >= 11 is 0. The summed E-state index contributed by atoms with van der Waals surface area (Å²) in [4.78, 5) is 29.8. The van der Waals surface area contributed by atoms with E-state index in [1.54, 1.807) is 6.07 Å². The summed E-state index contributed by atoms with van der Waals surface area (Å²) in [6.07, 6.45) is 2.39. The lowest BCUT2D eigenvalue weighted by atomic mass is 9.93. The Morgan fingerprint density at radius 1 is 1.13 bits per heavy atom. The van der Waals surface area contributed by atoms with Crippen LogP contribution in [0.4, 0.5) is 0 Å². The lowest BCUT2D eigenvalue weighted by Crippen LogP contribution is -2.48. The predicted molar refractivity (Wildman–Crippen MR) is 120 cm³/mol. The smallest absolute Gasteiger partial charge is 0.289 e. The number of carbonyl (C=O) groups excluding carboxylic acids is 2. The van der Waals surface area contributed by atoms with Crippen molar-refractivity contribution in [3.05, 3.63) is 58.0 Å². The Kier molecular flexibility index (Phi) is 6.23. The lowest BCUT2D eigenvalue weighted by Gasteiger charge is -2.33. The zero-order valence-electron chi connectivity index (χ0n) is 18.5. The van der Waals surface area contributed by atoms with Gasteiger partial charge in [0.15, 0.2) is 5.76 Å². The van der Waals surface area contributed by atoms with Gasteiger partial charge in [0.25, 0.3) is 11.8 Å². The van der Waals surface area contributed by atoms with Crippen LogP contribution in [0.5, 0.6) is 0 Å². The Bertz CT molecular complexity index is 1020. The first-order valence-corrected chi connectivity index (χ1v) is 11.1. The topological polar surface area (TPSA) is 78.2 Å². The molecule has 0 unspecified atom stereocenters. The standard InChI is InChI=1S/C24H30N4O3/c1-4-27-11-13-28(14-12-27)24(30)22-17(3)21-19(9-6-10-20(21)31-22)25-26-23(29)18-8-5-7-16(2)15-18/h5,7-8,15H,4,6,9-14H2,1-3H3,(H,26,29)/b25-19+. The SMILES string of the molecule is CCN1CCN(C(=O)c2oc3c(c2C)/C(=N/NC(=O)c2cccc(C)c2)CCC3)CC1. The highest BCUT2D eigenvalue weighted by Gasteiger charge is 2.31. The fraction of sp³-hybridized carbons (Fsp3) is 0.458. The molecule has 164 valence electrons. The van der Waals surface area contributed by atoms with Crippen molar-refractivity contribution in [1.82, 2.24) is 15.2 Å². The first-order chi connectivity index (χ1) is 15.0. The monoisotopic (exact) mass is 422 g/mol. The number of hydrogen-bond donors (Lipinski definition) is 1. The number of nitrogens with one attached hydrogen (secondary N) is 1. The van der Waals surface area contributed by atoms with Crippen LogP contribution in [0.15, 0.2) is 33.8 Å². The molecule has 2 aliphatic rings. The van der Waals surface area contributed by atoms with E-state index in [1.165, 1.54) is 0 Å². The molecule has 0 atom stereocenters. The molecule has 7 nitrogen and oxygen atoms in total. The third kappa shape index (κ3) is 4.42. The highest BCUT2D eigenvalue weighted by molar-refractivity contribution is 6.07. The number of hydrogen-bond acceptors (Lipinski definition) is 5. The van der Waals surface area contributed by atoms with E-state index in [9.17, 15) is 9.59 Å². The molecule has 0 bridgehead atoms. The van der Waals surface area contributed by atoms with Crippen LogP contribution >= 0.6 is 0 Å². The van der Waals surface area contributed by atoms with E-state index in [1.807, 2.05) is 36.9 Å². The summed E-state index contributed by atoms with van der Waals surface area (Å²) in [5, 5.41) is 4.42. The molecular formula is C24H30N4O3. The number of fused-ring (bicyclic) bond motifs is 1. The van der Waals surface area contributed by atoms with Crippen molar-refractivity contribution in [3.8, 4) is 0 Å². The molecule has 2 aromatic rings. The number of furan rings is 1. The van der Waals surface area contributed by atoms with Crippen LogP contribution < -0.4 is 5.43 Å². The molecule has 4 rings (SSSR count). The number of benzene rings is 1. The zero-order valence-corrected chi connectivity index (χ0v) is 18.5. The van der Waals surface area contributed by atoms with Gasteiger partial charge in [-0.15, -0.1) is 0 Å². The normalized spacial score (nSPS) is 18.2. The minimum atomic E-state index is -0.241. The lowest BCUT2D eigenvalue weighted by molar-refractivity contribution is 0.0609. The summed E-state index contributed by atoms with van der Waals surface area (Å²) in [6, 6.07) is 7.41. The maximum Gasteiger partial charge on any atom is 0.289 e. The molecular weight excluding hydrogens is 392 g/mol. The van der Waals surface area contributed by atoms with Crippen LogP contribution in [0, 0.1) is 13.8 Å². The molecule has 1 aromatic carbocycles. The van der Waals surface area contributed by atoms with Crippen molar-refractivity contribution in [2.24, 2.45) is 5.10 Å². The highest BCUT2D eigenvalue weighted by Crippen LogP contribution is 2.30. The Morgan fingerprint density at radius 3 is 2.61 bits per heavy atom. The largest absolute Gasteiger partial charge is 0.455 e. The van der Waals surface area contributed by atoms with E-state index in [4.69, 9.17) is 4.42 Å². The third-order valence-electron chi connectivity index (χ3n) is 6.20. The predicted octanol–water partition coefficient (Wildman–Crippen LogP) is 3.14. The van der Waals surface area contributed by atoms with Gasteiger partial charge in [0.05, 0.1) is 5.71 Å². The summed E-state index contributed by atoms with van der Waals surface area (Å²) < 4.78 is 6.04. The summed E-state index contributed by atoms with van der Waals surface area (Å²) in [6.45, 7) is 10.2. The van der Waals surface area contributed by atoms with Gasteiger partial charge in [0, 0.05) is 49.3 Å². The van der Waals surface area contributed by atoms with Crippen molar-refractivity contribution < 1.29 is 14.0 Å². The van der Waals surface area contributed by atoms with Crippen LogP contribution in [0.25, 0.3) is 0 Å². The number of likely N-dealkylation sites (N-methyl/N-ethyl adjacent to an activating group) is 1. The van der Waals surface area contributed by atoms with Crippen LogP contribution in [-0.2, 0) is 6.42 Å². The quantitative estimate of drug-likeness (QED) is 0.768. The molecule has 1 fully saturated rings. The average molecular weight is 423 g/mol. The minimum Gasteiger partial charge on any atom is -0.455 e. The Hall–Kier alpha value is -2.93. The maximum absolute atomic E-state index is 13.1. The van der Waals surface area contributed by atoms with E-state index >= 15 is 0 Å². The van der Waals surface area contributed by atoms with Crippen molar-refractivity contribution in [1.29, 1.82) is 0 Å². The molecule has 1 aliphatic heterocycles. The van der Waals surface area contributed by atoms with Gasteiger partial charge in [-0.1, -0.05) is 24.6 Å². The maximum atomic E-state index is 13.1. The van der Waals surface area contributed by atoms with Gasteiger partial charge >= 0.3 is 0 Å². The first-order valence-electron chi connectivity index (χ1n) is 11.1. The van der Waals surface area contributed by atoms with E-state index in [-0.39, 0.29) is 11.8 Å². The molecule has 31 heavy (non-hydrogen) atoms. The van der Waals surface area contributed by atoms with E-state index < -0.39 is 0 Å².